The fraction of sp³-hybridized carbons (Fsp3) is 0.579. The molecule has 27 heavy (non-hydrogen) atoms. The van der Waals surface area contributed by atoms with Crippen LogP contribution in [0.1, 0.15) is 32.3 Å². The minimum absolute atomic E-state index is 0.101. The molecular weight excluding hydrogens is 357 g/mol. The van der Waals surface area contributed by atoms with Gasteiger partial charge in [0.15, 0.2) is 5.96 Å². The van der Waals surface area contributed by atoms with Crippen LogP contribution in [-0.4, -0.2) is 56.7 Å². The van der Waals surface area contributed by atoms with Crippen molar-refractivity contribution >= 4 is 11.9 Å². The summed E-state index contributed by atoms with van der Waals surface area (Å²) in [6, 6.07) is 10.1. The number of alkyl halides is 3. The number of rotatable bonds is 8. The number of halogens is 3. The number of amides is 1. The summed E-state index contributed by atoms with van der Waals surface area (Å²) >= 11 is 0. The zero-order valence-corrected chi connectivity index (χ0v) is 16.4. The van der Waals surface area contributed by atoms with Crippen molar-refractivity contribution in [3.8, 4) is 0 Å². The lowest BCUT2D eigenvalue weighted by atomic mass is 9.76. The average Bonchev–Trinajstić information content (AvgIpc) is 2.64. The lowest BCUT2D eigenvalue weighted by molar-refractivity contribution is -0.157. The number of benzene rings is 1. The molecule has 0 aliphatic carbocycles. The number of nitrogens with zero attached hydrogens (tertiary/aromatic N) is 2. The molecule has 0 aliphatic heterocycles. The third-order valence-corrected chi connectivity index (χ3v) is 4.81. The number of carbonyl (C=O) groups excluding carboxylic acids is 1. The van der Waals surface area contributed by atoms with Crippen molar-refractivity contribution in [3.05, 3.63) is 35.9 Å². The Hall–Kier alpha value is -2.25. The molecule has 1 amide bonds. The third-order valence-electron chi connectivity index (χ3n) is 4.81. The molecule has 0 spiro atoms. The molecule has 0 aromatic heterocycles. The molecule has 0 saturated carbocycles. The standard InChI is InChI=1S/C19H29F3N4O/c1-5-18(6-2,15-10-8-7-9-11-15)13-25-17(23-3)24-12-16(27)26(4)14-19(20,21)22/h7-11H,5-6,12-14H2,1-4H3,(H2,23,24,25). The van der Waals surface area contributed by atoms with E-state index >= 15 is 0 Å². The van der Waals surface area contributed by atoms with E-state index in [9.17, 15) is 18.0 Å². The number of likely N-dealkylation sites (N-methyl/N-ethyl adjacent to an activating group) is 1. The molecule has 152 valence electrons. The van der Waals surface area contributed by atoms with E-state index in [2.05, 4.69) is 41.6 Å². The Kier molecular flexibility index (Phi) is 8.59. The molecule has 1 aromatic carbocycles. The van der Waals surface area contributed by atoms with E-state index in [0.29, 0.717) is 17.4 Å². The summed E-state index contributed by atoms with van der Waals surface area (Å²) in [5.41, 5.74) is 1.11. The number of carbonyl (C=O) groups is 1. The van der Waals surface area contributed by atoms with Crippen molar-refractivity contribution in [1.29, 1.82) is 0 Å². The SMILES string of the molecule is CCC(CC)(CNC(=NC)NCC(=O)N(C)CC(F)(F)F)c1ccccc1. The highest BCUT2D eigenvalue weighted by Crippen LogP contribution is 2.30. The van der Waals surface area contributed by atoms with Gasteiger partial charge in [-0.2, -0.15) is 13.2 Å². The Balaban J connectivity index is 2.66. The molecule has 0 bridgehead atoms. The Bertz CT molecular complexity index is 613. The Morgan fingerprint density at radius 2 is 1.70 bits per heavy atom. The van der Waals surface area contributed by atoms with Crippen molar-refractivity contribution in [2.45, 2.75) is 38.3 Å². The van der Waals surface area contributed by atoms with E-state index in [1.54, 1.807) is 7.05 Å². The molecule has 0 heterocycles. The van der Waals surface area contributed by atoms with Gasteiger partial charge in [-0.1, -0.05) is 44.2 Å². The minimum atomic E-state index is -4.41. The zero-order valence-electron chi connectivity index (χ0n) is 16.4. The van der Waals surface area contributed by atoms with Gasteiger partial charge in [0.05, 0.1) is 6.54 Å². The van der Waals surface area contributed by atoms with Crippen LogP contribution in [0.25, 0.3) is 0 Å². The predicted octanol–water partition coefficient (Wildman–Crippen LogP) is 2.93. The predicted molar refractivity (Wildman–Crippen MR) is 102 cm³/mol. The van der Waals surface area contributed by atoms with Gasteiger partial charge in [0, 0.05) is 26.1 Å². The molecule has 0 unspecified atom stereocenters. The van der Waals surface area contributed by atoms with Crippen molar-refractivity contribution in [3.63, 3.8) is 0 Å². The number of aliphatic imine (C=N–C) groups is 1. The summed E-state index contributed by atoms with van der Waals surface area (Å²) < 4.78 is 37.1. The maximum atomic E-state index is 12.4. The van der Waals surface area contributed by atoms with E-state index in [1.165, 1.54) is 5.56 Å². The third kappa shape index (κ3) is 7.11. The molecule has 0 atom stereocenters. The maximum Gasteiger partial charge on any atom is 0.406 e. The van der Waals surface area contributed by atoms with Crippen molar-refractivity contribution in [2.24, 2.45) is 4.99 Å². The molecule has 0 radical (unpaired) electrons. The molecule has 5 nitrogen and oxygen atoms in total. The number of guanidine groups is 1. The summed E-state index contributed by atoms with van der Waals surface area (Å²) in [5.74, 6) is -0.276. The van der Waals surface area contributed by atoms with E-state index in [1.807, 2.05) is 18.2 Å². The van der Waals surface area contributed by atoms with Crippen LogP contribution in [-0.2, 0) is 10.2 Å². The second-order valence-electron chi connectivity index (χ2n) is 6.50. The molecule has 8 heteroatoms. The first-order chi connectivity index (χ1) is 12.7. The highest BCUT2D eigenvalue weighted by Gasteiger charge is 2.31. The number of hydrogen-bond donors (Lipinski definition) is 2. The monoisotopic (exact) mass is 386 g/mol. The van der Waals surface area contributed by atoms with Gasteiger partial charge in [-0.3, -0.25) is 9.79 Å². The van der Waals surface area contributed by atoms with Crippen LogP contribution in [0.5, 0.6) is 0 Å². The van der Waals surface area contributed by atoms with Gasteiger partial charge in [-0.05, 0) is 18.4 Å². The van der Waals surface area contributed by atoms with Crippen LogP contribution in [0.2, 0.25) is 0 Å². The number of nitrogens with one attached hydrogen (secondary N) is 2. The fourth-order valence-corrected chi connectivity index (χ4v) is 2.93. The van der Waals surface area contributed by atoms with E-state index in [-0.39, 0.29) is 12.0 Å². The first kappa shape index (κ1) is 22.8. The van der Waals surface area contributed by atoms with Gasteiger partial charge in [0.2, 0.25) is 5.91 Å². The van der Waals surface area contributed by atoms with Crippen LogP contribution in [0.15, 0.2) is 35.3 Å². The van der Waals surface area contributed by atoms with Crippen LogP contribution in [0.3, 0.4) is 0 Å². The van der Waals surface area contributed by atoms with Gasteiger partial charge in [0.25, 0.3) is 0 Å². The second kappa shape index (κ2) is 10.2. The Labute approximate surface area is 159 Å². The largest absolute Gasteiger partial charge is 0.406 e. The summed E-state index contributed by atoms with van der Waals surface area (Å²) in [5, 5.41) is 5.99. The van der Waals surface area contributed by atoms with Crippen molar-refractivity contribution in [2.75, 3.05) is 33.7 Å². The quantitative estimate of drug-likeness (QED) is 0.534. The Morgan fingerprint density at radius 1 is 1.11 bits per heavy atom. The molecule has 1 aromatic rings. The highest BCUT2D eigenvalue weighted by molar-refractivity contribution is 5.86. The molecular formula is C19H29F3N4O. The Morgan fingerprint density at radius 3 is 2.19 bits per heavy atom. The highest BCUT2D eigenvalue weighted by atomic mass is 19.4. The lowest BCUT2D eigenvalue weighted by Gasteiger charge is -2.33. The number of hydrogen-bond acceptors (Lipinski definition) is 2. The molecule has 0 fully saturated rings. The zero-order chi connectivity index (χ0) is 20.5. The topological polar surface area (TPSA) is 56.7 Å². The molecule has 0 aliphatic rings. The van der Waals surface area contributed by atoms with E-state index < -0.39 is 18.6 Å². The van der Waals surface area contributed by atoms with Crippen LogP contribution >= 0.6 is 0 Å². The summed E-state index contributed by atoms with van der Waals surface area (Å²) in [7, 11) is 2.68. The lowest BCUT2D eigenvalue weighted by Crippen LogP contribution is -2.48. The van der Waals surface area contributed by atoms with Gasteiger partial charge in [-0.15, -0.1) is 0 Å². The van der Waals surface area contributed by atoms with E-state index in [4.69, 9.17) is 0 Å². The molecule has 0 saturated heterocycles. The van der Waals surface area contributed by atoms with Crippen LogP contribution in [0, 0.1) is 0 Å². The van der Waals surface area contributed by atoms with Gasteiger partial charge >= 0.3 is 6.18 Å². The van der Waals surface area contributed by atoms with Crippen LogP contribution < -0.4 is 10.6 Å². The van der Waals surface area contributed by atoms with E-state index in [0.717, 1.165) is 19.9 Å². The average molecular weight is 386 g/mol. The first-order valence-electron chi connectivity index (χ1n) is 8.98. The first-order valence-corrected chi connectivity index (χ1v) is 8.98. The summed E-state index contributed by atoms with van der Waals surface area (Å²) in [4.78, 5) is 16.6. The summed E-state index contributed by atoms with van der Waals surface area (Å²) in [6.07, 6.45) is -2.60. The molecule has 1 rings (SSSR count). The normalized spacial score (nSPS) is 12.6. The minimum Gasteiger partial charge on any atom is -0.356 e. The maximum absolute atomic E-state index is 12.4. The molecule has 2 N–H and O–H groups in total. The fourth-order valence-electron chi connectivity index (χ4n) is 2.93. The van der Waals surface area contributed by atoms with Crippen LogP contribution in [0.4, 0.5) is 13.2 Å². The summed E-state index contributed by atoms with van der Waals surface area (Å²) in [6.45, 7) is 3.29. The van der Waals surface area contributed by atoms with Crippen molar-refractivity contribution in [1.82, 2.24) is 15.5 Å². The van der Waals surface area contributed by atoms with Gasteiger partial charge in [0.1, 0.15) is 6.54 Å². The van der Waals surface area contributed by atoms with Gasteiger partial charge in [-0.25, -0.2) is 0 Å². The van der Waals surface area contributed by atoms with Gasteiger partial charge < -0.3 is 15.5 Å². The van der Waals surface area contributed by atoms with Crippen molar-refractivity contribution < 1.29 is 18.0 Å². The second-order valence-corrected chi connectivity index (χ2v) is 6.50. The smallest absolute Gasteiger partial charge is 0.356 e.